The molecule has 1 aliphatic rings. The Morgan fingerprint density at radius 1 is 1.42 bits per heavy atom. The highest BCUT2D eigenvalue weighted by molar-refractivity contribution is 5.78. The van der Waals surface area contributed by atoms with Crippen molar-refractivity contribution < 1.29 is 9.90 Å². The van der Waals surface area contributed by atoms with Gasteiger partial charge in [0.2, 0.25) is 5.91 Å². The standard InChI is InChI=1S/C20H26N2O2/c1-4-18(12-13-19-8-6-5-7-9-19)11-10-16(2)14-22-20(24)15-21-17(3)23/h4,6,8-11,17,21,23H,1,5,7,14-15H2,2-3H3,(H,22,24)/b16-10+,18-11+. The third-order valence-electron chi connectivity index (χ3n) is 3.24. The molecule has 1 atom stereocenters. The molecule has 0 aromatic heterocycles. The van der Waals surface area contributed by atoms with Crippen molar-refractivity contribution >= 4 is 5.91 Å². The van der Waals surface area contributed by atoms with Gasteiger partial charge in [-0.15, -0.1) is 0 Å². The molecule has 0 saturated carbocycles. The average Bonchev–Trinajstić information content (AvgIpc) is 2.59. The minimum atomic E-state index is -0.696. The number of aliphatic hydroxyl groups excluding tert-OH is 1. The lowest BCUT2D eigenvalue weighted by Gasteiger charge is -2.08. The summed E-state index contributed by atoms with van der Waals surface area (Å²) in [7, 11) is 0. The maximum Gasteiger partial charge on any atom is 0.234 e. The van der Waals surface area contributed by atoms with Gasteiger partial charge in [-0.2, -0.15) is 0 Å². The Morgan fingerprint density at radius 3 is 2.83 bits per heavy atom. The van der Waals surface area contributed by atoms with E-state index in [-0.39, 0.29) is 12.5 Å². The molecular weight excluding hydrogens is 300 g/mol. The topological polar surface area (TPSA) is 61.4 Å². The molecule has 128 valence electrons. The first-order valence-electron chi connectivity index (χ1n) is 8.08. The van der Waals surface area contributed by atoms with Gasteiger partial charge in [-0.25, -0.2) is 0 Å². The highest BCUT2D eigenvalue weighted by Crippen LogP contribution is 2.08. The van der Waals surface area contributed by atoms with Crippen LogP contribution in [0.5, 0.6) is 0 Å². The Kier molecular flexibility index (Phi) is 9.21. The first-order valence-corrected chi connectivity index (χ1v) is 8.08. The SMILES string of the molecule is C=C/C(C#CC1=CCCC=C1)=C\C=C(/C)CNC(=O)CNC(C)O. The van der Waals surface area contributed by atoms with Crippen LogP contribution in [0, 0.1) is 11.8 Å². The van der Waals surface area contributed by atoms with Gasteiger partial charge in [0.05, 0.1) is 6.54 Å². The summed E-state index contributed by atoms with van der Waals surface area (Å²) in [5, 5.41) is 14.5. The van der Waals surface area contributed by atoms with Gasteiger partial charge < -0.3 is 10.4 Å². The molecule has 3 N–H and O–H groups in total. The molecule has 1 amide bonds. The van der Waals surface area contributed by atoms with Crippen molar-refractivity contribution in [2.24, 2.45) is 0 Å². The van der Waals surface area contributed by atoms with Crippen molar-refractivity contribution in [2.75, 3.05) is 13.1 Å². The number of nitrogens with one attached hydrogen (secondary N) is 2. The summed E-state index contributed by atoms with van der Waals surface area (Å²) in [6.45, 7) is 7.82. The van der Waals surface area contributed by atoms with Crippen molar-refractivity contribution in [1.82, 2.24) is 10.6 Å². The molecular formula is C20H26N2O2. The Balaban J connectivity index is 2.53. The lowest BCUT2D eigenvalue weighted by atomic mass is 10.1. The molecule has 1 unspecified atom stereocenters. The first-order chi connectivity index (χ1) is 11.5. The summed E-state index contributed by atoms with van der Waals surface area (Å²) < 4.78 is 0. The molecule has 0 radical (unpaired) electrons. The number of hydrogen-bond acceptors (Lipinski definition) is 3. The Hall–Kier alpha value is -2.35. The number of allylic oxidation sites excluding steroid dienone is 8. The van der Waals surface area contributed by atoms with E-state index < -0.39 is 6.23 Å². The normalized spacial score (nSPS) is 15.9. The second-order valence-corrected chi connectivity index (χ2v) is 5.56. The molecule has 0 aromatic rings. The van der Waals surface area contributed by atoms with Crippen LogP contribution in [-0.2, 0) is 4.79 Å². The van der Waals surface area contributed by atoms with Gasteiger partial charge >= 0.3 is 0 Å². The second-order valence-electron chi connectivity index (χ2n) is 5.56. The molecule has 1 rings (SSSR count). The van der Waals surface area contributed by atoms with E-state index in [0.29, 0.717) is 6.54 Å². The van der Waals surface area contributed by atoms with E-state index >= 15 is 0 Å². The first kappa shape index (κ1) is 19.7. The van der Waals surface area contributed by atoms with Gasteiger partial charge in [-0.1, -0.05) is 54.4 Å². The van der Waals surface area contributed by atoms with Crippen LogP contribution in [0.15, 0.2) is 59.8 Å². The van der Waals surface area contributed by atoms with Gasteiger partial charge in [0, 0.05) is 17.7 Å². The van der Waals surface area contributed by atoms with Crippen molar-refractivity contribution in [3.05, 3.63) is 59.8 Å². The fraction of sp³-hybridized carbons (Fsp3) is 0.350. The Labute approximate surface area is 144 Å². The monoisotopic (exact) mass is 326 g/mol. The smallest absolute Gasteiger partial charge is 0.234 e. The largest absolute Gasteiger partial charge is 0.379 e. The third kappa shape index (κ3) is 8.94. The predicted octanol–water partition coefficient (Wildman–Crippen LogP) is 2.37. The minimum absolute atomic E-state index is 0.0901. The van der Waals surface area contributed by atoms with Crippen molar-refractivity contribution in [2.45, 2.75) is 32.9 Å². The van der Waals surface area contributed by atoms with Crippen LogP contribution in [0.25, 0.3) is 0 Å². The fourth-order valence-electron chi connectivity index (χ4n) is 1.84. The van der Waals surface area contributed by atoms with E-state index in [0.717, 1.165) is 29.6 Å². The maximum absolute atomic E-state index is 11.5. The van der Waals surface area contributed by atoms with Crippen LogP contribution in [0.4, 0.5) is 0 Å². The quantitative estimate of drug-likeness (QED) is 0.382. The maximum atomic E-state index is 11.5. The summed E-state index contributed by atoms with van der Waals surface area (Å²) in [5.74, 6) is 6.06. The highest BCUT2D eigenvalue weighted by Gasteiger charge is 2.01. The summed E-state index contributed by atoms with van der Waals surface area (Å²) in [6.07, 6.45) is 13.2. The zero-order valence-electron chi connectivity index (χ0n) is 14.4. The predicted molar refractivity (Wildman–Crippen MR) is 99.0 cm³/mol. The number of amides is 1. The van der Waals surface area contributed by atoms with E-state index in [1.807, 2.05) is 25.2 Å². The van der Waals surface area contributed by atoms with E-state index in [4.69, 9.17) is 5.11 Å². The van der Waals surface area contributed by atoms with Gasteiger partial charge in [0.25, 0.3) is 0 Å². The molecule has 4 nitrogen and oxygen atoms in total. The van der Waals surface area contributed by atoms with Gasteiger partial charge in [-0.3, -0.25) is 10.1 Å². The Morgan fingerprint density at radius 2 is 2.21 bits per heavy atom. The van der Waals surface area contributed by atoms with Crippen LogP contribution in [0.3, 0.4) is 0 Å². The summed E-state index contributed by atoms with van der Waals surface area (Å²) >= 11 is 0. The van der Waals surface area contributed by atoms with E-state index in [9.17, 15) is 4.79 Å². The van der Waals surface area contributed by atoms with Crippen molar-refractivity contribution in [1.29, 1.82) is 0 Å². The van der Waals surface area contributed by atoms with Crippen LogP contribution in [0.1, 0.15) is 26.7 Å². The highest BCUT2D eigenvalue weighted by atomic mass is 16.3. The molecule has 0 aliphatic heterocycles. The summed E-state index contributed by atoms with van der Waals surface area (Å²) in [6, 6.07) is 0. The van der Waals surface area contributed by atoms with Gasteiger partial charge in [-0.05, 0) is 32.8 Å². The van der Waals surface area contributed by atoms with Crippen LogP contribution in [-0.4, -0.2) is 30.3 Å². The fourth-order valence-corrected chi connectivity index (χ4v) is 1.84. The van der Waals surface area contributed by atoms with Crippen LogP contribution >= 0.6 is 0 Å². The molecule has 0 aromatic carbocycles. The third-order valence-corrected chi connectivity index (χ3v) is 3.24. The molecule has 24 heavy (non-hydrogen) atoms. The lowest BCUT2D eigenvalue weighted by molar-refractivity contribution is -0.120. The van der Waals surface area contributed by atoms with E-state index in [1.165, 1.54) is 0 Å². The molecule has 0 fully saturated rings. The summed E-state index contributed by atoms with van der Waals surface area (Å²) in [4.78, 5) is 11.5. The zero-order chi connectivity index (χ0) is 17.8. The zero-order valence-corrected chi connectivity index (χ0v) is 14.4. The molecule has 0 spiro atoms. The lowest BCUT2D eigenvalue weighted by Crippen LogP contribution is -2.38. The van der Waals surface area contributed by atoms with Crippen molar-refractivity contribution in [3.63, 3.8) is 0 Å². The van der Waals surface area contributed by atoms with Crippen LogP contribution < -0.4 is 10.6 Å². The molecule has 1 aliphatic carbocycles. The van der Waals surface area contributed by atoms with Gasteiger partial charge in [0.1, 0.15) is 6.23 Å². The van der Waals surface area contributed by atoms with E-state index in [1.54, 1.807) is 13.0 Å². The number of hydrogen-bond donors (Lipinski definition) is 3. The number of carbonyl (C=O) groups is 1. The van der Waals surface area contributed by atoms with E-state index in [2.05, 4.69) is 41.2 Å². The second kappa shape index (κ2) is 11.2. The molecule has 0 heterocycles. The number of rotatable bonds is 7. The van der Waals surface area contributed by atoms with Crippen molar-refractivity contribution in [3.8, 4) is 11.8 Å². The Bertz CT molecular complexity index is 626. The number of carbonyl (C=O) groups excluding carboxylic acids is 1. The van der Waals surface area contributed by atoms with Gasteiger partial charge in [0.15, 0.2) is 0 Å². The molecule has 0 bridgehead atoms. The summed E-state index contributed by atoms with van der Waals surface area (Å²) in [5.41, 5.74) is 2.86. The van der Waals surface area contributed by atoms with Crippen LogP contribution in [0.2, 0.25) is 0 Å². The minimum Gasteiger partial charge on any atom is -0.379 e. The molecule has 0 saturated heterocycles. The molecule has 4 heteroatoms. The average molecular weight is 326 g/mol. The number of aliphatic hydroxyl groups is 1.